The van der Waals surface area contributed by atoms with Gasteiger partial charge in [0.05, 0.1) is 0 Å². The molecule has 94 valence electrons. The second-order valence-electron chi connectivity index (χ2n) is 4.46. The van der Waals surface area contributed by atoms with Crippen molar-refractivity contribution in [2.45, 2.75) is 18.8 Å². The maximum Gasteiger partial charge on any atom is 0.0427 e. The number of rotatable bonds is 4. The molecular weight excluding hydrogens is 288 g/mol. The third-order valence-corrected chi connectivity index (χ3v) is 3.68. The zero-order valence-electron chi connectivity index (χ0n) is 10.7. The molecule has 2 rings (SSSR count). The van der Waals surface area contributed by atoms with Crippen LogP contribution in [0.4, 0.5) is 5.69 Å². The number of anilines is 1. The number of pyridine rings is 1. The van der Waals surface area contributed by atoms with Crippen LogP contribution in [0.2, 0.25) is 0 Å². The van der Waals surface area contributed by atoms with Crippen LogP contribution in [0.3, 0.4) is 0 Å². The molecule has 2 nitrogen and oxygen atoms in total. The van der Waals surface area contributed by atoms with E-state index in [1.807, 2.05) is 12.4 Å². The van der Waals surface area contributed by atoms with E-state index >= 15 is 0 Å². The molecule has 0 aliphatic heterocycles. The molecular formula is C15H17BrN2. The van der Waals surface area contributed by atoms with Gasteiger partial charge >= 0.3 is 0 Å². The molecule has 3 heteroatoms. The molecule has 2 aromatic rings. The molecule has 1 aromatic heterocycles. The quantitative estimate of drug-likeness (QED) is 0.796. The molecule has 0 radical (unpaired) electrons. The van der Waals surface area contributed by atoms with Crippen molar-refractivity contribution in [3.8, 4) is 0 Å². The van der Waals surface area contributed by atoms with Crippen molar-refractivity contribution in [1.29, 1.82) is 0 Å². The van der Waals surface area contributed by atoms with E-state index in [1.165, 1.54) is 22.4 Å². The van der Waals surface area contributed by atoms with Gasteiger partial charge < -0.3 is 4.90 Å². The van der Waals surface area contributed by atoms with Crippen molar-refractivity contribution in [1.82, 2.24) is 4.98 Å². The molecule has 0 atom stereocenters. The Morgan fingerprint density at radius 3 is 2.50 bits per heavy atom. The van der Waals surface area contributed by atoms with Crippen LogP contribution in [0.1, 0.15) is 16.7 Å². The number of aryl methyl sites for hydroxylation is 1. The maximum atomic E-state index is 4.04. The van der Waals surface area contributed by atoms with E-state index in [9.17, 15) is 0 Å². The smallest absolute Gasteiger partial charge is 0.0427 e. The summed E-state index contributed by atoms with van der Waals surface area (Å²) in [4.78, 5) is 6.29. The lowest BCUT2D eigenvalue weighted by atomic mass is 10.1. The highest BCUT2D eigenvalue weighted by Gasteiger charge is 2.04. The van der Waals surface area contributed by atoms with Crippen LogP contribution in [0, 0.1) is 6.92 Å². The summed E-state index contributed by atoms with van der Waals surface area (Å²) >= 11 is 3.50. The first-order valence-corrected chi connectivity index (χ1v) is 7.08. The van der Waals surface area contributed by atoms with Crippen molar-refractivity contribution < 1.29 is 0 Å². The highest BCUT2D eigenvalue weighted by molar-refractivity contribution is 9.08. The standard InChI is InChI=1S/C15H17BrN2/c1-12-9-15(4-3-14(12)10-16)18(2)11-13-5-7-17-8-6-13/h3-9H,10-11H2,1-2H3. The molecule has 1 heterocycles. The number of aromatic nitrogens is 1. The van der Waals surface area contributed by atoms with Gasteiger partial charge in [-0.25, -0.2) is 0 Å². The van der Waals surface area contributed by atoms with Gasteiger partial charge in [0.2, 0.25) is 0 Å². The summed E-state index contributed by atoms with van der Waals surface area (Å²) in [6, 6.07) is 10.7. The average Bonchev–Trinajstić information content (AvgIpc) is 2.39. The van der Waals surface area contributed by atoms with Crippen LogP contribution in [0.5, 0.6) is 0 Å². The lowest BCUT2D eigenvalue weighted by Crippen LogP contribution is -2.16. The first-order valence-electron chi connectivity index (χ1n) is 5.96. The van der Waals surface area contributed by atoms with Gasteiger partial charge in [0.1, 0.15) is 0 Å². The number of hydrogen-bond acceptors (Lipinski definition) is 2. The van der Waals surface area contributed by atoms with Gasteiger partial charge in [0.25, 0.3) is 0 Å². The summed E-state index contributed by atoms with van der Waals surface area (Å²) in [5.74, 6) is 0. The van der Waals surface area contributed by atoms with Crippen molar-refractivity contribution in [2.24, 2.45) is 0 Å². The minimum atomic E-state index is 0.898. The monoisotopic (exact) mass is 304 g/mol. The minimum Gasteiger partial charge on any atom is -0.370 e. The highest BCUT2D eigenvalue weighted by atomic mass is 79.9. The average molecular weight is 305 g/mol. The molecule has 0 amide bonds. The molecule has 1 aromatic carbocycles. The van der Waals surface area contributed by atoms with Crippen molar-refractivity contribution in [3.05, 3.63) is 59.4 Å². The lowest BCUT2D eigenvalue weighted by molar-refractivity contribution is 0.918. The summed E-state index contributed by atoms with van der Waals surface area (Å²) in [5, 5.41) is 0.910. The number of hydrogen-bond donors (Lipinski definition) is 0. The van der Waals surface area contributed by atoms with Crippen LogP contribution < -0.4 is 4.90 Å². The van der Waals surface area contributed by atoms with Gasteiger partial charge in [-0.05, 0) is 47.9 Å². The number of benzene rings is 1. The maximum absolute atomic E-state index is 4.04. The first kappa shape index (κ1) is 13.1. The van der Waals surface area contributed by atoms with E-state index in [-0.39, 0.29) is 0 Å². The van der Waals surface area contributed by atoms with Crippen molar-refractivity contribution >= 4 is 21.6 Å². The van der Waals surface area contributed by atoms with E-state index < -0.39 is 0 Å². The Morgan fingerprint density at radius 1 is 1.17 bits per heavy atom. The Hall–Kier alpha value is -1.35. The fraction of sp³-hybridized carbons (Fsp3) is 0.267. The summed E-state index contributed by atoms with van der Waals surface area (Å²) in [7, 11) is 2.11. The zero-order valence-corrected chi connectivity index (χ0v) is 12.3. The minimum absolute atomic E-state index is 0.898. The van der Waals surface area contributed by atoms with Gasteiger partial charge in [-0.15, -0.1) is 0 Å². The summed E-state index contributed by atoms with van der Waals surface area (Å²) in [6.45, 7) is 3.05. The van der Waals surface area contributed by atoms with E-state index in [0.717, 1.165) is 11.9 Å². The van der Waals surface area contributed by atoms with Crippen LogP contribution in [-0.2, 0) is 11.9 Å². The first-order chi connectivity index (χ1) is 8.70. The lowest BCUT2D eigenvalue weighted by Gasteiger charge is -2.20. The number of alkyl halides is 1. The predicted molar refractivity (Wildman–Crippen MR) is 80.2 cm³/mol. The summed E-state index contributed by atoms with van der Waals surface area (Å²) < 4.78 is 0. The Morgan fingerprint density at radius 2 is 1.89 bits per heavy atom. The van der Waals surface area contributed by atoms with E-state index in [2.05, 4.69) is 70.1 Å². The summed E-state index contributed by atoms with van der Waals surface area (Å²) in [5.41, 5.74) is 5.19. The Kier molecular flexibility index (Phi) is 4.37. The molecule has 0 unspecified atom stereocenters. The fourth-order valence-electron chi connectivity index (χ4n) is 1.92. The van der Waals surface area contributed by atoms with Gasteiger partial charge in [0, 0.05) is 37.0 Å². The topological polar surface area (TPSA) is 16.1 Å². The van der Waals surface area contributed by atoms with Gasteiger partial charge in [-0.1, -0.05) is 22.0 Å². The van der Waals surface area contributed by atoms with Gasteiger partial charge in [0.15, 0.2) is 0 Å². The second kappa shape index (κ2) is 6.01. The van der Waals surface area contributed by atoms with Crippen LogP contribution >= 0.6 is 15.9 Å². The molecule has 0 spiro atoms. The third kappa shape index (κ3) is 3.10. The van der Waals surface area contributed by atoms with Crippen molar-refractivity contribution in [3.63, 3.8) is 0 Å². The van der Waals surface area contributed by atoms with E-state index in [4.69, 9.17) is 0 Å². The summed E-state index contributed by atoms with van der Waals surface area (Å²) in [6.07, 6.45) is 3.67. The van der Waals surface area contributed by atoms with Crippen LogP contribution in [0.25, 0.3) is 0 Å². The molecule has 0 saturated carbocycles. The van der Waals surface area contributed by atoms with E-state index in [1.54, 1.807) is 0 Å². The normalized spacial score (nSPS) is 10.4. The fourth-order valence-corrected chi connectivity index (χ4v) is 2.55. The predicted octanol–water partition coefficient (Wildman–Crippen LogP) is 3.92. The van der Waals surface area contributed by atoms with Crippen LogP contribution in [-0.4, -0.2) is 12.0 Å². The van der Waals surface area contributed by atoms with Crippen molar-refractivity contribution in [2.75, 3.05) is 11.9 Å². The molecule has 0 N–H and O–H groups in total. The SMILES string of the molecule is Cc1cc(N(C)Cc2ccncc2)ccc1CBr. The van der Waals surface area contributed by atoms with Gasteiger partial charge in [-0.3, -0.25) is 4.98 Å². The molecule has 0 aliphatic carbocycles. The Balaban J connectivity index is 2.14. The largest absolute Gasteiger partial charge is 0.370 e. The highest BCUT2D eigenvalue weighted by Crippen LogP contribution is 2.21. The molecule has 0 aliphatic rings. The number of nitrogens with zero attached hydrogens (tertiary/aromatic N) is 2. The van der Waals surface area contributed by atoms with E-state index in [0.29, 0.717) is 0 Å². The van der Waals surface area contributed by atoms with Crippen LogP contribution in [0.15, 0.2) is 42.7 Å². The van der Waals surface area contributed by atoms with Gasteiger partial charge in [-0.2, -0.15) is 0 Å². The zero-order chi connectivity index (χ0) is 13.0. The Bertz CT molecular complexity index is 511. The molecule has 0 fully saturated rings. The second-order valence-corrected chi connectivity index (χ2v) is 5.02. The molecule has 0 saturated heterocycles. The Labute approximate surface area is 117 Å². The third-order valence-electron chi connectivity index (χ3n) is 3.08. The molecule has 18 heavy (non-hydrogen) atoms. The number of halogens is 1. The molecule has 0 bridgehead atoms.